The van der Waals surface area contributed by atoms with Crippen molar-refractivity contribution in [3.8, 4) is 0 Å². The summed E-state index contributed by atoms with van der Waals surface area (Å²) < 4.78 is 1.10. The number of Topliss-reactive ketones (excluding diaryl/α,β-unsaturated/α-hetero) is 1. The molecule has 0 bridgehead atoms. The molecule has 0 amide bonds. The maximum absolute atomic E-state index is 13.5. The van der Waals surface area contributed by atoms with Gasteiger partial charge in [0.15, 0.2) is 5.78 Å². The second kappa shape index (κ2) is 20.5. The van der Waals surface area contributed by atoms with Gasteiger partial charge in [-0.25, -0.2) is 0 Å². The third-order valence-electron chi connectivity index (χ3n) is 8.16. The number of carbonyl (C=O) groups is 1. The molecule has 0 aliphatic carbocycles. The number of carbonyl (C=O) groups excluding carboxylic acids is 1. The van der Waals surface area contributed by atoms with E-state index in [1.54, 1.807) is 0 Å². The van der Waals surface area contributed by atoms with E-state index in [-0.39, 0.29) is 18.2 Å². The second-order valence-electron chi connectivity index (χ2n) is 11.5. The highest BCUT2D eigenvalue weighted by Gasteiger charge is 2.14. The average Bonchev–Trinajstić information content (AvgIpc) is 2.95. The molecular formula is C36H53BrClNO. The summed E-state index contributed by atoms with van der Waals surface area (Å²) in [5, 5.41) is 4.73. The number of hydrogen-bond acceptors (Lipinski definition) is 2. The van der Waals surface area contributed by atoms with E-state index < -0.39 is 0 Å². The van der Waals surface area contributed by atoms with E-state index in [1.165, 1.54) is 119 Å². The smallest absolute Gasteiger partial charge is 0.176 e. The predicted octanol–water partition coefficient (Wildman–Crippen LogP) is 11.9. The minimum absolute atomic E-state index is 0. The van der Waals surface area contributed by atoms with Crippen molar-refractivity contribution in [3.63, 3.8) is 0 Å². The van der Waals surface area contributed by atoms with Crippen LogP contribution in [0.2, 0.25) is 0 Å². The monoisotopic (exact) mass is 629 g/mol. The molecule has 4 heteroatoms. The summed E-state index contributed by atoms with van der Waals surface area (Å²) >= 11 is 3.73. The van der Waals surface area contributed by atoms with Gasteiger partial charge in [0.05, 0.1) is 6.54 Å². The van der Waals surface area contributed by atoms with E-state index in [1.807, 2.05) is 6.07 Å². The molecule has 0 N–H and O–H groups in total. The van der Waals surface area contributed by atoms with Crippen LogP contribution in [0, 0.1) is 0 Å². The van der Waals surface area contributed by atoms with E-state index in [0.29, 0.717) is 6.54 Å². The fourth-order valence-electron chi connectivity index (χ4n) is 5.73. The molecule has 2 nitrogen and oxygen atoms in total. The zero-order valence-corrected chi connectivity index (χ0v) is 27.6. The topological polar surface area (TPSA) is 20.3 Å². The summed E-state index contributed by atoms with van der Waals surface area (Å²) in [6, 6.07) is 16.9. The van der Waals surface area contributed by atoms with Crippen molar-refractivity contribution in [2.24, 2.45) is 0 Å². The van der Waals surface area contributed by atoms with E-state index >= 15 is 0 Å². The summed E-state index contributed by atoms with van der Waals surface area (Å²) in [6.07, 6.45) is 21.2. The van der Waals surface area contributed by atoms with Crippen LogP contribution >= 0.6 is 28.3 Å². The van der Waals surface area contributed by atoms with Crippen molar-refractivity contribution in [2.45, 2.75) is 117 Å². The van der Waals surface area contributed by atoms with Crippen LogP contribution in [0.4, 0.5) is 0 Å². The molecule has 0 radical (unpaired) electrons. The van der Waals surface area contributed by atoms with E-state index in [4.69, 9.17) is 0 Å². The van der Waals surface area contributed by atoms with Crippen molar-refractivity contribution in [2.75, 3.05) is 19.6 Å². The normalized spacial score (nSPS) is 11.4. The molecule has 40 heavy (non-hydrogen) atoms. The Balaban J connectivity index is 0.00000560. The van der Waals surface area contributed by atoms with Crippen molar-refractivity contribution in [1.29, 1.82) is 0 Å². The van der Waals surface area contributed by atoms with Gasteiger partial charge in [0.25, 0.3) is 0 Å². The zero-order chi connectivity index (χ0) is 27.7. The molecule has 0 saturated heterocycles. The Bertz CT molecular complexity index is 1110. The number of hydrogen-bond donors (Lipinski definition) is 0. The molecule has 0 fully saturated rings. The van der Waals surface area contributed by atoms with Gasteiger partial charge in [0.1, 0.15) is 0 Å². The Hall–Kier alpha value is -1.42. The highest BCUT2D eigenvalue weighted by atomic mass is 79.9. The van der Waals surface area contributed by atoms with Gasteiger partial charge in [-0.3, -0.25) is 9.69 Å². The van der Waals surface area contributed by atoms with Crippen LogP contribution in [0.1, 0.15) is 127 Å². The zero-order valence-electron chi connectivity index (χ0n) is 25.2. The third-order valence-corrected chi connectivity index (χ3v) is 8.81. The lowest BCUT2D eigenvalue weighted by Crippen LogP contribution is -2.32. The summed E-state index contributed by atoms with van der Waals surface area (Å²) in [7, 11) is 0. The van der Waals surface area contributed by atoms with Gasteiger partial charge in [-0.2, -0.15) is 0 Å². The van der Waals surface area contributed by atoms with Crippen LogP contribution in [0.3, 0.4) is 0 Å². The standard InChI is InChI=1S/C36H52BrNO.ClH/c1-3-5-7-9-11-13-15-19-25-38(26-20-16-14-12-10-8-6-4-2)29-36(39)31-24-23-30-28-35(37)33-22-18-17-21-32(33)34(30)27-31;/h17-18,21-24,27-28H,3-16,19-20,25-26,29H2,1-2H3;1H. The Morgan fingerprint density at radius 1 is 0.625 bits per heavy atom. The first kappa shape index (κ1) is 34.8. The molecule has 222 valence electrons. The SMILES string of the molecule is CCCCCCCCCCN(CCCCCCCCCC)CC(=O)c1ccc2cc(Br)c3ccccc3c2c1.Cl. The molecule has 0 atom stereocenters. The Labute approximate surface area is 259 Å². The Kier molecular flexibility index (Phi) is 17.8. The van der Waals surface area contributed by atoms with Crippen LogP contribution in [0.5, 0.6) is 0 Å². The molecule has 0 unspecified atom stereocenters. The first-order valence-corrected chi connectivity index (χ1v) is 16.8. The fourth-order valence-corrected chi connectivity index (χ4v) is 6.32. The van der Waals surface area contributed by atoms with Crippen molar-refractivity contribution < 1.29 is 4.79 Å². The molecular weight excluding hydrogens is 578 g/mol. The highest BCUT2D eigenvalue weighted by Crippen LogP contribution is 2.32. The van der Waals surface area contributed by atoms with Crippen LogP contribution in [0.15, 0.2) is 53.0 Å². The molecule has 0 aliphatic rings. The summed E-state index contributed by atoms with van der Waals surface area (Å²) in [5.41, 5.74) is 0.840. The number of halogens is 2. The Morgan fingerprint density at radius 3 is 1.68 bits per heavy atom. The van der Waals surface area contributed by atoms with Gasteiger partial charge >= 0.3 is 0 Å². The largest absolute Gasteiger partial charge is 0.296 e. The molecule has 3 aromatic carbocycles. The van der Waals surface area contributed by atoms with E-state index in [9.17, 15) is 4.79 Å². The first-order valence-electron chi connectivity index (χ1n) is 16.0. The van der Waals surface area contributed by atoms with Crippen LogP contribution in [0.25, 0.3) is 21.5 Å². The minimum Gasteiger partial charge on any atom is -0.296 e. The van der Waals surface area contributed by atoms with Crippen LogP contribution in [-0.4, -0.2) is 30.3 Å². The lowest BCUT2D eigenvalue weighted by atomic mass is 9.98. The van der Waals surface area contributed by atoms with Gasteiger partial charge in [-0.15, -0.1) is 12.4 Å². The summed E-state index contributed by atoms with van der Waals surface area (Å²) in [4.78, 5) is 16.0. The van der Waals surface area contributed by atoms with E-state index in [0.717, 1.165) is 28.5 Å². The third kappa shape index (κ3) is 11.8. The molecule has 0 aliphatic heterocycles. The molecule has 3 rings (SSSR count). The highest BCUT2D eigenvalue weighted by molar-refractivity contribution is 9.10. The lowest BCUT2D eigenvalue weighted by molar-refractivity contribution is 0.0927. The summed E-state index contributed by atoms with van der Waals surface area (Å²) in [5.74, 6) is 0.253. The quantitative estimate of drug-likeness (QED) is 0.0663. The maximum Gasteiger partial charge on any atom is 0.176 e. The number of ketones is 1. The van der Waals surface area contributed by atoms with Crippen LogP contribution < -0.4 is 0 Å². The van der Waals surface area contributed by atoms with Crippen LogP contribution in [-0.2, 0) is 0 Å². The number of unbranched alkanes of at least 4 members (excludes halogenated alkanes) is 14. The summed E-state index contributed by atoms with van der Waals surface area (Å²) in [6.45, 7) is 7.18. The van der Waals surface area contributed by atoms with Crippen molar-refractivity contribution in [3.05, 3.63) is 58.6 Å². The number of nitrogens with zero attached hydrogens (tertiary/aromatic N) is 1. The van der Waals surface area contributed by atoms with Gasteiger partial charge in [0, 0.05) is 10.0 Å². The van der Waals surface area contributed by atoms with Gasteiger partial charge in [-0.1, -0.05) is 156 Å². The second-order valence-corrected chi connectivity index (χ2v) is 12.3. The fraction of sp³-hybridized carbons (Fsp3) is 0.583. The minimum atomic E-state index is 0. The number of rotatable bonds is 21. The van der Waals surface area contributed by atoms with Crippen molar-refractivity contribution in [1.82, 2.24) is 4.90 Å². The van der Waals surface area contributed by atoms with E-state index in [2.05, 4.69) is 77.1 Å². The average molecular weight is 631 g/mol. The molecule has 0 heterocycles. The van der Waals surface area contributed by atoms with Gasteiger partial charge in [-0.05, 0) is 59.6 Å². The molecule has 0 saturated carbocycles. The lowest BCUT2D eigenvalue weighted by Gasteiger charge is -2.22. The van der Waals surface area contributed by atoms with Gasteiger partial charge < -0.3 is 0 Å². The number of fused-ring (bicyclic) bond motifs is 3. The molecule has 0 aromatic heterocycles. The molecule has 0 spiro atoms. The van der Waals surface area contributed by atoms with Crippen molar-refractivity contribution >= 4 is 55.7 Å². The molecule has 3 aromatic rings. The Morgan fingerprint density at radius 2 is 1.12 bits per heavy atom. The first-order chi connectivity index (χ1) is 19.1. The number of benzene rings is 3. The maximum atomic E-state index is 13.5. The van der Waals surface area contributed by atoms with Gasteiger partial charge in [0.2, 0.25) is 0 Å². The predicted molar refractivity (Wildman–Crippen MR) is 182 cm³/mol.